The molecule has 0 aliphatic carbocycles. The molecule has 4 nitrogen and oxygen atoms in total. The summed E-state index contributed by atoms with van der Waals surface area (Å²) in [7, 11) is 0. The summed E-state index contributed by atoms with van der Waals surface area (Å²) in [5.74, 6) is 0. The molecule has 3 aromatic rings. The van der Waals surface area contributed by atoms with Gasteiger partial charge in [-0.2, -0.15) is 0 Å². The van der Waals surface area contributed by atoms with Gasteiger partial charge in [0.15, 0.2) is 0 Å². The maximum Gasteiger partial charge on any atom is 0.109 e. The first-order valence-corrected chi connectivity index (χ1v) is 9.21. The van der Waals surface area contributed by atoms with Gasteiger partial charge in [0, 0.05) is 25.8 Å². The van der Waals surface area contributed by atoms with Crippen molar-refractivity contribution >= 4 is 21.6 Å². The zero-order chi connectivity index (χ0) is 16.6. The van der Waals surface area contributed by atoms with Crippen LogP contribution in [0.2, 0.25) is 0 Å². The number of hydrogen-bond acceptors (Lipinski definition) is 5. The number of nitrogens with zero attached hydrogens (tertiary/aromatic N) is 3. The number of likely N-dealkylation sites (tertiary alicyclic amines) is 1. The molecule has 1 aliphatic heterocycles. The number of benzene rings is 1. The summed E-state index contributed by atoms with van der Waals surface area (Å²) in [6.07, 6.45) is 3.29. The number of fused-ring (bicyclic) bond motifs is 1. The molecule has 1 aromatic carbocycles. The third-order valence-corrected chi connectivity index (χ3v) is 5.82. The Morgan fingerprint density at radius 2 is 2.00 bits per heavy atom. The summed E-state index contributed by atoms with van der Waals surface area (Å²) < 4.78 is 1.28. The molecule has 24 heavy (non-hydrogen) atoms. The highest BCUT2D eigenvalue weighted by molar-refractivity contribution is 7.16. The predicted molar refractivity (Wildman–Crippen MR) is 97.0 cm³/mol. The minimum atomic E-state index is -0.791. The molecule has 0 radical (unpaired) electrons. The highest BCUT2D eigenvalue weighted by Crippen LogP contribution is 2.33. The number of piperidine rings is 1. The molecule has 0 saturated carbocycles. The zero-order valence-corrected chi connectivity index (χ0v) is 14.6. The first-order valence-electron chi connectivity index (χ1n) is 8.33. The van der Waals surface area contributed by atoms with E-state index < -0.39 is 5.60 Å². The maximum absolute atomic E-state index is 11.0. The molecule has 2 aromatic heterocycles. The Morgan fingerprint density at radius 1 is 1.17 bits per heavy atom. The van der Waals surface area contributed by atoms with Crippen molar-refractivity contribution in [2.24, 2.45) is 0 Å². The fourth-order valence-electron chi connectivity index (χ4n) is 3.39. The van der Waals surface area contributed by atoms with Gasteiger partial charge in [-0.1, -0.05) is 18.2 Å². The smallest absolute Gasteiger partial charge is 0.109 e. The van der Waals surface area contributed by atoms with Gasteiger partial charge in [0.25, 0.3) is 0 Å². The second-order valence-corrected chi connectivity index (χ2v) is 7.50. The topological polar surface area (TPSA) is 49.2 Å². The lowest BCUT2D eigenvalue weighted by atomic mass is 9.87. The molecule has 1 saturated heterocycles. The molecule has 0 atom stereocenters. The third kappa shape index (κ3) is 2.95. The van der Waals surface area contributed by atoms with Crippen LogP contribution in [0.4, 0.5) is 0 Å². The molecule has 0 bridgehead atoms. The lowest BCUT2D eigenvalue weighted by molar-refractivity contribution is -0.0310. The van der Waals surface area contributed by atoms with Crippen LogP contribution in [0.1, 0.15) is 29.7 Å². The number of rotatable bonds is 3. The van der Waals surface area contributed by atoms with Crippen LogP contribution in [0.5, 0.6) is 0 Å². The van der Waals surface area contributed by atoms with E-state index in [4.69, 9.17) is 0 Å². The van der Waals surface area contributed by atoms with Crippen molar-refractivity contribution in [1.82, 2.24) is 14.9 Å². The number of aliphatic hydroxyl groups is 1. The van der Waals surface area contributed by atoms with Crippen molar-refractivity contribution in [2.75, 3.05) is 13.1 Å². The van der Waals surface area contributed by atoms with Gasteiger partial charge in [-0.25, -0.2) is 4.98 Å². The molecule has 3 heterocycles. The van der Waals surface area contributed by atoms with Crippen LogP contribution < -0.4 is 0 Å². The molecule has 5 heteroatoms. The predicted octanol–water partition coefficient (Wildman–Crippen LogP) is 3.48. The average molecular weight is 339 g/mol. The van der Waals surface area contributed by atoms with Crippen molar-refractivity contribution in [3.8, 4) is 0 Å². The molecule has 124 valence electrons. The summed E-state index contributed by atoms with van der Waals surface area (Å²) in [5.41, 5.74) is 5.45. The van der Waals surface area contributed by atoms with Crippen LogP contribution in [0.25, 0.3) is 10.2 Å². The van der Waals surface area contributed by atoms with Crippen LogP contribution in [0, 0.1) is 6.92 Å². The van der Waals surface area contributed by atoms with Gasteiger partial charge in [-0.15, -0.1) is 11.3 Å². The molecule has 1 fully saturated rings. The van der Waals surface area contributed by atoms with Gasteiger partial charge in [-0.05, 0) is 43.0 Å². The van der Waals surface area contributed by atoms with E-state index in [1.54, 1.807) is 11.3 Å². The maximum atomic E-state index is 11.0. The van der Waals surface area contributed by atoms with E-state index in [9.17, 15) is 5.11 Å². The van der Waals surface area contributed by atoms with Gasteiger partial charge in [-0.3, -0.25) is 9.88 Å². The Balaban J connectivity index is 1.46. The molecule has 1 N–H and O–H groups in total. The van der Waals surface area contributed by atoms with Crippen molar-refractivity contribution in [3.05, 3.63) is 58.9 Å². The highest BCUT2D eigenvalue weighted by Gasteiger charge is 2.35. The van der Waals surface area contributed by atoms with Crippen LogP contribution in [0.15, 0.2) is 42.0 Å². The Hall–Kier alpha value is -1.82. The van der Waals surface area contributed by atoms with E-state index in [1.165, 1.54) is 10.3 Å². The molecular formula is C19H21N3OS. The van der Waals surface area contributed by atoms with E-state index in [0.717, 1.165) is 49.2 Å². The van der Waals surface area contributed by atoms with Gasteiger partial charge in [0.1, 0.15) is 5.60 Å². The first kappa shape index (κ1) is 15.7. The van der Waals surface area contributed by atoms with Crippen LogP contribution in [-0.2, 0) is 12.1 Å². The minimum Gasteiger partial charge on any atom is -0.383 e. The molecule has 1 aliphatic rings. The normalized spacial score (nSPS) is 18.1. The Kier molecular flexibility index (Phi) is 4.08. The first-order chi connectivity index (χ1) is 11.6. The van der Waals surface area contributed by atoms with E-state index in [2.05, 4.69) is 33.1 Å². The molecule has 0 spiro atoms. The third-order valence-electron chi connectivity index (χ3n) is 4.90. The average Bonchev–Trinajstić information content (AvgIpc) is 3.07. The second kappa shape index (κ2) is 6.24. The summed E-state index contributed by atoms with van der Waals surface area (Å²) >= 11 is 1.70. The van der Waals surface area contributed by atoms with Gasteiger partial charge in [0.2, 0.25) is 0 Å². The number of hydrogen-bond donors (Lipinski definition) is 1. The van der Waals surface area contributed by atoms with Gasteiger partial charge < -0.3 is 5.11 Å². The number of pyridine rings is 1. The Labute approximate surface area is 145 Å². The standard InChI is InChI=1S/C19H21N3OS/c1-14-5-6-17(20-11-14)19(23)7-9-22(10-8-19)12-15-3-2-4-16-18(15)24-13-21-16/h2-6,11,13,23H,7-10,12H2,1H3. The van der Waals surface area contributed by atoms with Crippen molar-refractivity contribution in [2.45, 2.75) is 31.9 Å². The van der Waals surface area contributed by atoms with Crippen molar-refractivity contribution < 1.29 is 5.11 Å². The summed E-state index contributed by atoms with van der Waals surface area (Å²) in [6, 6.07) is 10.3. The molecule has 4 rings (SSSR count). The number of thiazole rings is 1. The summed E-state index contributed by atoms with van der Waals surface area (Å²) in [5, 5.41) is 11.0. The highest BCUT2D eigenvalue weighted by atomic mass is 32.1. The molecular weight excluding hydrogens is 318 g/mol. The van der Waals surface area contributed by atoms with E-state index in [1.807, 2.05) is 30.8 Å². The quantitative estimate of drug-likeness (QED) is 0.794. The minimum absolute atomic E-state index is 0.724. The Bertz CT molecular complexity index is 835. The van der Waals surface area contributed by atoms with Crippen molar-refractivity contribution in [1.29, 1.82) is 0 Å². The lowest BCUT2D eigenvalue weighted by Gasteiger charge is -2.37. The Morgan fingerprint density at radius 3 is 2.75 bits per heavy atom. The second-order valence-electron chi connectivity index (χ2n) is 6.65. The van der Waals surface area contributed by atoms with Crippen LogP contribution in [0.3, 0.4) is 0 Å². The fourth-order valence-corrected chi connectivity index (χ4v) is 4.19. The summed E-state index contributed by atoms with van der Waals surface area (Å²) in [4.78, 5) is 11.2. The van der Waals surface area contributed by atoms with E-state index in [-0.39, 0.29) is 0 Å². The number of aryl methyl sites for hydroxylation is 1. The monoisotopic (exact) mass is 339 g/mol. The molecule has 0 amide bonds. The van der Waals surface area contributed by atoms with E-state index >= 15 is 0 Å². The van der Waals surface area contributed by atoms with Crippen LogP contribution in [-0.4, -0.2) is 33.1 Å². The molecule has 0 unspecified atom stereocenters. The van der Waals surface area contributed by atoms with Gasteiger partial charge >= 0.3 is 0 Å². The van der Waals surface area contributed by atoms with E-state index in [0.29, 0.717) is 0 Å². The largest absolute Gasteiger partial charge is 0.383 e. The number of aromatic nitrogens is 2. The lowest BCUT2D eigenvalue weighted by Crippen LogP contribution is -2.42. The zero-order valence-electron chi connectivity index (χ0n) is 13.8. The summed E-state index contributed by atoms with van der Waals surface area (Å²) in [6.45, 7) is 4.68. The van der Waals surface area contributed by atoms with Gasteiger partial charge in [0.05, 0.1) is 21.4 Å². The fraction of sp³-hybridized carbons (Fsp3) is 0.368. The van der Waals surface area contributed by atoms with Crippen molar-refractivity contribution in [3.63, 3.8) is 0 Å². The SMILES string of the molecule is Cc1ccc(C2(O)CCN(Cc3cccc4ncsc34)CC2)nc1. The van der Waals surface area contributed by atoms with Crippen LogP contribution >= 0.6 is 11.3 Å².